The Balaban J connectivity index is 2.52. The van der Waals surface area contributed by atoms with Gasteiger partial charge in [0.1, 0.15) is 13.2 Å². The molecule has 2 rings (SSSR count). The summed E-state index contributed by atoms with van der Waals surface area (Å²) in [5.41, 5.74) is 0.257. The maximum atomic E-state index is 13.2. The Morgan fingerprint density at radius 2 is 2.07 bits per heavy atom. The van der Waals surface area contributed by atoms with Gasteiger partial charge in [-0.15, -0.1) is 0 Å². The first-order valence-corrected chi connectivity index (χ1v) is 4.65. The van der Waals surface area contributed by atoms with Crippen LogP contribution in [0.1, 0.15) is 5.56 Å². The van der Waals surface area contributed by atoms with Crippen LogP contribution in [-0.2, 0) is 6.42 Å². The number of benzene rings is 1. The predicted octanol–water partition coefficient (Wildman–Crippen LogP) is 0.837. The lowest BCUT2D eigenvalue weighted by Gasteiger charge is -2.21. The van der Waals surface area contributed by atoms with Gasteiger partial charge in [-0.05, 0) is 0 Å². The van der Waals surface area contributed by atoms with E-state index in [1.165, 1.54) is 0 Å². The highest BCUT2D eigenvalue weighted by atomic mass is 19.1. The fourth-order valence-corrected chi connectivity index (χ4v) is 1.55. The molecule has 0 aromatic heterocycles. The van der Waals surface area contributed by atoms with Crippen LogP contribution in [0.5, 0.6) is 17.2 Å². The molecule has 5 heteroatoms. The lowest BCUT2D eigenvalue weighted by Crippen LogP contribution is -2.17. The molecular weight excluding hydrogens is 203 g/mol. The van der Waals surface area contributed by atoms with Gasteiger partial charge >= 0.3 is 0 Å². The van der Waals surface area contributed by atoms with Crippen molar-refractivity contribution in [3.05, 3.63) is 17.4 Å². The van der Waals surface area contributed by atoms with E-state index in [1.54, 1.807) is 0 Å². The molecule has 0 bridgehead atoms. The number of phenols is 1. The van der Waals surface area contributed by atoms with E-state index in [0.717, 1.165) is 6.07 Å². The van der Waals surface area contributed by atoms with Gasteiger partial charge in [-0.25, -0.2) is 4.39 Å². The van der Waals surface area contributed by atoms with Crippen molar-refractivity contribution in [3.8, 4) is 17.2 Å². The Labute approximate surface area is 85.9 Å². The topological polar surface area (TPSA) is 58.9 Å². The molecule has 1 aromatic carbocycles. The number of halogens is 1. The molecule has 2 N–H and O–H groups in total. The van der Waals surface area contributed by atoms with Crippen molar-refractivity contribution < 1.29 is 24.1 Å². The van der Waals surface area contributed by atoms with Crippen molar-refractivity contribution in [2.24, 2.45) is 0 Å². The van der Waals surface area contributed by atoms with E-state index in [1.807, 2.05) is 0 Å². The zero-order chi connectivity index (χ0) is 10.8. The Kier molecular flexibility index (Phi) is 2.64. The second-order valence-electron chi connectivity index (χ2n) is 3.18. The van der Waals surface area contributed by atoms with E-state index in [2.05, 4.69) is 0 Å². The predicted molar refractivity (Wildman–Crippen MR) is 49.8 cm³/mol. The standard InChI is InChI=1S/C10H11FO4/c11-7-5-8-10(15-4-3-14-8)6(1-2-12)9(7)13/h5,12-13H,1-4H2. The quantitative estimate of drug-likeness (QED) is 0.765. The minimum absolute atomic E-state index is 0.134. The monoisotopic (exact) mass is 214 g/mol. The van der Waals surface area contributed by atoms with Gasteiger partial charge in [0.05, 0.1) is 0 Å². The number of fused-ring (bicyclic) bond motifs is 1. The summed E-state index contributed by atoms with van der Waals surface area (Å²) in [7, 11) is 0. The van der Waals surface area contributed by atoms with Gasteiger partial charge in [0, 0.05) is 24.7 Å². The fraction of sp³-hybridized carbons (Fsp3) is 0.400. The third-order valence-electron chi connectivity index (χ3n) is 2.22. The van der Waals surface area contributed by atoms with Gasteiger partial charge in [-0.3, -0.25) is 0 Å². The van der Waals surface area contributed by atoms with Crippen LogP contribution in [0.3, 0.4) is 0 Å². The van der Waals surface area contributed by atoms with Crippen LogP contribution in [0.4, 0.5) is 4.39 Å². The van der Waals surface area contributed by atoms with Gasteiger partial charge in [0.15, 0.2) is 23.1 Å². The Bertz CT molecular complexity index is 378. The molecule has 0 aliphatic carbocycles. The number of phenolic OH excluding ortho intramolecular Hbond substituents is 1. The Morgan fingerprint density at radius 3 is 2.80 bits per heavy atom. The molecule has 0 radical (unpaired) electrons. The lowest BCUT2D eigenvalue weighted by molar-refractivity contribution is 0.166. The number of aliphatic hydroxyl groups excluding tert-OH is 1. The second-order valence-corrected chi connectivity index (χ2v) is 3.18. The van der Waals surface area contributed by atoms with E-state index in [4.69, 9.17) is 14.6 Å². The van der Waals surface area contributed by atoms with Crippen LogP contribution < -0.4 is 9.47 Å². The molecule has 1 aliphatic heterocycles. The molecule has 0 fully saturated rings. The first kappa shape index (κ1) is 10.0. The van der Waals surface area contributed by atoms with E-state index in [0.29, 0.717) is 19.0 Å². The van der Waals surface area contributed by atoms with E-state index in [9.17, 15) is 9.50 Å². The van der Waals surface area contributed by atoms with Crippen molar-refractivity contribution >= 4 is 0 Å². The smallest absolute Gasteiger partial charge is 0.169 e. The van der Waals surface area contributed by atoms with Crippen molar-refractivity contribution in [3.63, 3.8) is 0 Å². The summed E-state index contributed by atoms with van der Waals surface area (Å²) in [6, 6.07) is 1.09. The molecule has 15 heavy (non-hydrogen) atoms. The zero-order valence-electron chi connectivity index (χ0n) is 7.99. The van der Waals surface area contributed by atoms with Gasteiger partial charge in [0.2, 0.25) is 0 Å². The zero-order valence-corrected chi connectivity index (χ0v) is 7.99. The molecule has 1 heterocycles. The van der Waals surface area contributed by atoms with Gasteiger partial charge in [0.25, 0.3) is 0 Å². The number of ether oxygens (including phenoxy) is 2. The van der Waals surface area contributed by atoms with E-state index in [-0.39, 0.29) is 24.3 Å². The Morgan fingerprint density at radius 1 is 1.33 bits per heavy atom. The van der Waals surface area contributed by atoms with Gasteiger partial charge < -0.3 is 19.7 Å². The molecule has 0 saturated heterocycles. The largest absolute Gasteiger partial charge is 0.505 e. The van der Waals surface area contributed by atoms with Crippen LogP contribution in [-0.4, -0.2) is 30.0 Å². The highest BCUT2D eigenvalue weighted by Crippen LogP contribution is 2.40. The van der Waals surface area contributed by atoms with Crippen LogP contribution in [0.15, 0.2) is 6.07 Å². The summed E-state index contributed by atoms with van der Waals surface area (Å²) in [5, 5.41) is 18.3. The van der Waals surface area contributed by atoms with Crippen LogP contribution in [0.25, 0.3) is 0 Å². The summed E-state index contributed by atoms with van der Waals surface area (Å²) in [5.74, 6) is -0.634. The third kappa shape index (κ3) is 1.70. The highest BCUT2D eigenvalue weighted by Gasteiger charge is 2.22. The second kappa shape index (κ2) is 3.94. The molecule has 4 nitrogen and oxygen atoms in total. The first-order chi connectivity index (χ1) is 7.24. The van der Waals surface area contributed by atoms with Crippen LogP contribution in [0.2, 0.25) is 0 Å². The molecule has 1 aromatic rings. The number of hydrogen-bond acceptors (Lipinski definition) is 4. The molecule has 1 aliphatic rings. The van der Waals surface area contributed by atoms with Gasteiger partial charge in [-0.1, -0.05) is 0 Å². The molecule has 0 spiro atoms. The summed E-state index contributed by atoms with van der Waals surface area (Å²) < 4.78 is 23.7. The number of rotatable bonds is 2. The van der Waals surface area contributed by atoms with Crippen LogP contribution in [0, 0.1) is 5.82 Å². The first-order valence-electron chi connectivity index (χ1n) is 4.65. The average molecular weight is 214 g/mol. The minimum atomic E-state index is -0.761. The van der Waals surface area contributed by atoms with E-state index < -0.39 is 11.6 Å². The summed E-state index contributed by atoms with van der Waals surface area (Å²) in [6.07, 6.45) is 0.134. The lowest BCUT2D eigenvalue weighted by atomic mass is 10.1. The molecular formula is C10H11FO4. The molecule has 82 valence electrons. The summed E-state index contributed by atoms with van der Waals surface area (Å²) >= 11 is 0. The highest BCUT2D eigenvalue weighted by molar-refractivity contribution is 5.54. The molecule has 0 amide bonds. The third-order valence-corrected chi connectivity index (χ3v) is 2.22. The minimum Gasteiger partial charge on any atom is -0.505 e. The molecule has 0 atom stereocenters. The van der Waals surface area contributed by atoms with Gasteiger partial charge in [-0.2, -0.15) is 0 Å². The number of aromatic hydroxyl groups is 1. The number of aliphatic hydroxyl groups is 1. The van der Waals surface area contributed by atoms with Crippen molar-refractivity contribution in [1.82, 2.24) is 0 Å². The van der Waals surface area contributed by atoms with Crippen LogP contribution >= 0.6 is 0 Å². The molecule has 0 unspecified atom stereocenters. The van der Waals surface area contributed by atoms with Crippen molar-refractivity contribution in [2.45, 2.75) is 6.42 Å². The van der Waals surface area contributed by atoms with Crippen molar-refractivity contribution in [2.75, 3.05) is 19.8 Å². The average Bonchev–Trinajstić information content (AvgIpc) is 2.25. The number of hydrogen-bond donors (Lipinski definition) is 2. The summed E-state index contributed by atoms with van der Waals surface area (Å²) in [4.78, 5) is 0. The molecule has 0 saturated carbocycles. The van der Waals surface area contributed by atoms with Crippen molar-refractivity contribution in [1.29, 1.82) is 0 Å². The fourth-order valence-electron chi connectivity index (χ4n) is 1.55. The Hall–Kier alpha value is -1.49. The maximum absolute atomic E-state index is 13.2. The maximum Gasteiger partial charge on any atom is 0.169 e. The normalized spacial score (nSPS) is 14.0. The summed E-state index contributed by atoms with van der Waals surface area (Å²) in [6.45, 7) is 0.527. The van der Waals surface area contributed by atoms with E-state index >= 15 is 0 Å². The SMILES string of the molecule is OCCc1c(O)c(F)cc2c1OCCO2.